The van der Waals surface area contributed by atoms with Crippen LogP contribution in [0.2, 0.25) is 0 Å². The summed E-state index contributed by atoms with van der Waals surface area (Å²) in [4.78, 5) is 12.3. The summed E-state index contributed by atoms with van der Waals surface area (Å²) < 4.78 is 53.4. The lowest BCUT2D eigenvalue weighted by molar-refractivity contribution is -0.137. The fourth-order valence-corrected chi connectivity index (χ4v) is 2.32. The van der Waals surface area contributed by atoms with E-state index >= 15 is 0 Å². The van der Waals surface area contributed by atoms with Crippen LogP contribution in [-0.2, 0) is 12.7 Å². The first kappa shape index (κ1) is 17.0. The molecular formula is C15H15F4N3O. The zero-order chi connectivity index (χ0) is 17.4. The van der Waals surface area contributed by atoms with Gasteiger partial charge in [0.2, 0.25) is 0 Å². The number of carbonyl (C=O) groups excluding carboxylic acids is 1. The van der Waals surface area contributed by atoms with Crippen LogP contribution >= 0.6 is 0 Å². The van der Waals surface area contributed by atoms with Crippen LogP contribution in [0.3, 0.4) is 0 Å². The second-order valence-electron chi connectivity index (χ2n) is 5.01. The number of nitrogens with zero attached hydrogens (tertiary/aromatic N) is 2. The Morgan fingerprint density at radius 3 is 2.48 bits per heavy atom. The molecule has 0 radical (unpaired) electrons. The van der Waals surface area contributed by atoms with Crippen LogP contribution in [-0.4, -0.2) is 15.7 Å². The van der Waals surface area contributed by atoms with Gasteiger partial charge in [-0.3, -0.25) is 9.48 Å². The van der Waals surface area contributed by atoms with Crippen molar-refractivity contribution in [3.8, 4) is 0 Å². The van der Waals surface area contributed by atoms with E-state index in [4.69, 9.17) is 0 Å². The topological polar surface area (TPSA) is 46.9 Å². The Hall–Kier alpha value is -2.38. The summed E-state index contributed by atoms with van der Waals surface area (Å²) in [6.07, 6.45) is -4.62. The van der Waals surface area contributed by atoms with Gasteiger partial charge < -0.3 is 5.32 Å². The molecule has 1 heterocycles. The molecule has 1 aromatic heterocycles. The first-order chi connectivity index (χ1) is 10.6. The van der Waals surface area contributed by atoms with E-state index in [1.165, 1.54) is 0 Å². The van der Waals surface area contributed by atoms with Gasteiger partial charge in [-0.15, -0.1) is 0 Å². The predicted octanol–water partition coefficient (Wildman–Crippen LogP) is 3.93. The normalized spacial score (nSPS) is 11.6. The lowest BCUT2D eigenvalue weighted by Gasteiger charge is -2.11. The predicted molar refractivity (Wildman–Crippen MR) is 76.7 cm³/mol. The minimum absolute atomic E-state index is 0.226. The Morgan fingerprint density at radius 1 is 1.30 bits per heavy atom. The monoisotopic (exact) mass is 329 g/mol. The zero-order valence-corrected chi connectivity index (χ0v) is 12.8. The highest BCUT2D eigenvalue weighted by atomic mass is 19.4. The smallest absolute Gasteiger partial charge is 0.319 e. The van der Waals surface area contributed by atoms with Crippen LogP contribution in [0.15, 0.2) is 18.2 Å². The Balaban J connectivity index is 2.36. The third kappa shape index (κ3) is 3.35. The highest BCUT2D eigenvalue weighted by Crippen LogP contribution is 2.32. The number of amides is 1. The molecule has 8 heteroatoms. The van der Waals surface area contributed by atoms with Crippen molar-refractivity contribution < 1.29 is 22.4 Å². The summed E-state index contributed by atoms with van der Waals surface area (Å²) in [5.41, 5.74) is -0.340. The number of alkyl halides is 3. The molecule has 0 saturated heterocycles. The SMILES string of the molecule is CCn1nc(C)c(C(=O)Nc2cc(C(F)(F)F)ccc2F)c1C. The lowest BCUT2D eigenvalue weighted by Crippen LogP contribution is -2.16. The molecule has 0 spiro atoms. The van der Waals surface area contributed by atoms with Crippen molar-refractivity contribution in [3.05, 3.63) is 46.5 Å². The van der Waals surface area contributed by atoms with Gasteiger partial charge in [0.25, 0.3) is 5.91 Å². The quantitative estimate of drug-likeness (QED) is 0.867. The van der Waals surface area contributed by atoms with Crippen LogP contribution in [0.1, 0.15) is 34.2 Å². The molecular weight excluding hydrogens is 314 g/mol. The van der Waals surface area contributed by atoms with Gasteiger partial charge in [0, 0.05) is 12.2 Å². The summed E-state index contributed by atoms with van der Waals surface area (Å²) >= 11 is 0. The van der Waals surface area contributed by atoms with Gasteiger partial charge in [-0.05, 0) is 39.0 Å². The maximum Gasteiger partial charge on any atom is 0.416 e. The molecule has 1 amide bonds. The average Bonchev–Trinajstić information content (AvgIpc) is 2.74. The van der Waals surface area contributed by atoms with Gasteiger partial charge in [0.15, 0.2) is 0 Å². The van der Waals surface area contributed by atoms with Crippen LogP contribution in [0, 0.1) is 19.7 Å². The third-order valence-corrected chi connectivity index (χ3v) is 3.45. The maximum atomic E-state index is 13.7. The van der Waals surface area contributed by atoms with E-state index in [9.17, 15) is 22.4 Å². The van der Waals surface area contributed by atoms with Gasteiger partial charge in [0.1, 0.15) is 5.82 Å². The van der Waals surface area contributed by atoms with E-state index in [2.05, 4.69) is 10.4 Å². The number of hydrogen-bond acceptors (Lipinski definition) is 2. The van der Waals surface area contributed by atoms with Crippen molar-refractivity contribution in [2.45, 2.75) is 33.5 Å². The van der Waals surface area contributed by atoms with Gasteiger partial charge >= 0.3 is 6.18 Å². The molecule has 2 aromatic rings. The van der Waals surface area contributed by atoms with Crippen LogP contribution in [0.25, 0.3) is 0 Å². The second-order valence-corrected chi connectivity index (χ2v) is 5.01. The van der Waals surface area contributed by atoms with Crippen LogP contribution in [0.5, 0.6) is 0 Å². The van der Waals surface area contributed by atoms with E-state index < -0.39 is 29.2 Å². The summed E-state index contributed by atoms with van der Waals surface area (Å²) in [6, 6.07) is 1.87. The Labute approximate surface area is 130 Å². The molecule has 0 unspecified atom stereocenters. The number of carbonyl (C=O) groups is 1. The van der Waals surface area contributed by atoms with Gasteiger partial charge in [-0.25, -0.2) is 4.39 Å². The van der Waals surface area contributed by atoms with Crippen molar-refractivity contribution in [2.24, 2.45) is 0 Å². The molecule has 124 valence electrons. The molecule has 1 aromatic carbocycles. The van der Waals surface area contributed by atoms with Crippen molar-refractivity contribution in [3.63, 3.8) is 0 Å². The van der Waals surface area contributed by atoms with E-state index in [0.717, 1.165) is 0 Å². The number of nitrogens with one attached hydrogen (secondary N) is 1. The van der Waals surface area contributed by atoms with Crippen molar-refractivity contribution in [2.75, 3.05) is 5.32 Å². The number of hydrogen-bond donors (Lipinski definition) is 1. The zero-order valence-electron chi connectivity index (χ0n) is 12.8. The number of anilines is 1. The molecule has 0 aliphatic carbocycles. The molecule has 4 nitrogen and oxygen atoms in total. The van der Waals surface area contributed by atoms with Crippen molar-refractivity contribution in [1.29, 1.82) is 0 Å². The Morgan fingerprint density at radius 2 is 1.96 bits per heavy atom. The number of halogens is 4. The molecule has 23 heavy (non-hydrogen) atoms. The van der Waals surface area contributed by atoms with Gasteiger partial charge in [-0.1, -0.05) is 0 Å². The fraction of sp³-hybridized carbons (Fsp3) is 0.333. The molecule has 0 atom stereocenters. The highest BCUT2D eigenvalue weighted by molar-refractivity contribution is 6.06. The fourth-order valence-electron chi connectivity index (χ4n) is 2.32. The summed E-state index contributed by atoms with van der Waals surface area (Å²) in [5.74, 6) is -1.64. The first-order valence-corrected chi connectivity index (χ1v) is 6.87. The average molecular weight is 329 g/mol. The summed E-state index contributed by atoms with van der Waals surface area (Å²) in [6.45, 7) is 5.66. The van der Waals surface area contributed by atoms with E-state index in [-0.39, 0.29) is 5.56 Å². The largest absolute Gasteiger partial charge is 0.416 e. The van der Waals surface area contributed by atoms with Crippen molar-refractivity contribution >= 4 is 11.6 Å². The van der Waals surface area contributed by atoms with E-state index in [1.807, 2.05) is 6.92 Å². The van der Waals surface area contributed by atoms with Crippen LogP contribution in [0.4, 0.5) is 23.2 Å². The second kappa shape index (κ2) is 6.02. The summed E-state index contributed by atoms with van der Waals surface area (Å²) in [7, 11) is 0. The molecule has 0 aliphatic heterocycles. The summed E-state index contributed by atoms with van der Waals surface area (Å²) in [5, 5.41) is 6.34. The van der Waals surface area contributed by atoms with Gasteiger partial charge in [-0.2, -0.15) is 18.3 Å². The van der Waals surface area contributed by atoms with E-state index in [1.54, 1.807) is 18.5 Å². The lowest BCUT2D eigenvalue weighted by atomic mass is 10.1. The number of aryl methyl sites for hydroxylation is 2. The Bertz CT molecular complexity index is 750. The number of rotatable bonds is 3. The van der Waals surface area contributed by atoms with Crippen LogP contribution < -0.4 is 5.32 Å². The molecule has 0 saturated carbocycles. The number of aromatic nitrogens is 2. The number of benzene rings is 1. The first-order valence-electron chi connectivity index (χ1n) is 6.87. The standard InChI is InChI=1S/C15H15F4N3O/c1-4-22-9(3)13(8(2)21-22)14(23)20-12-7-10(15(17,18)19)5-6-11(12)16/h5-7H,4H2,1-3H3,(H,20,23). The van der Waals surface area contributed by atoms with E-state index in [0.29, 0.717) is 36.1 Å². The molecule has 0 fully saturated rings. The molecule has 0 aliphatic rings. The molecule has 0 bridgehead atoms. The maximum absolute atomic E-state index is 13.7. The third-order valence-electron chi connectivity index (χ3n) is 3.45. The minimum atomic E-state index is -4.62. The molecule has 2 rings (SSSR count). The molecule has 1 N–H and O–H groups in total. The minimum Gasteiger partial charge on any atom is -0.319 e. The Kier molecular flexibility index (Phi) is 4.44. The van der Waals surface area contributed by atoms with Crippen molar-refractivity contribution in [1.82, 2.24) is 9.78 Å². The highest BCUT2D eigenvalue weighted by Gasteiger charge is 2.31. The van der Waals surface area contributed by atoms with Gasteiger partial charge in [0.05, 0.1) is 22.5 Å².